The van der Waals surface area contributed by atoms with Crippen LogP contribution in [0.3, 0.4) is 0 Å². The van der Waals surface area contributed by atoms with E-state index in [-0.39, 0.29) is 0 Å². The first-order valence-corrected chi connectivity index (χ1v) is 7.25. The zero-order chi connectivity index (χ0) is 13.7. The molecule has 0 spiro atoms. The summed E-state index contributed by atoms with van der Waals surface area (Å²) in [5.74, 6) is 0.934. The Kier molecular flexibility index (Phi) is 5.23. The van der Waals surface area contributed by atoms with Crippen LogP contribution in [0.25, 0.3) is 0 Å². The normalized spacial score (nSPS) is 21.5. The van der Waals surface area contributed by atoms with Gasteiger partial charge < -0.3 is 15.0 Å². The molecule has 1 aliphatic heterocycles. The molecule has 0 amide bonds. The lowest BCUT2D eigenvalue weighted by molar-refractivity contribution is 0.380. The third kappa shape index (κ3) is 4.51. The van der Waals surface area contributed by atoms with Crippen molar-refractivity contribution in [3.8, 4) is 5.75 Å². The van der Waals surface area contributed by atoms with Crippen LogP contribution >= 0.6 is 0 Å². The Morgan fingerprint density at radius 3 is 2.68 bits per heavy atom. The standard InChI is InChI=1S/C16H26N2O/c1-13(17-15-10-11-18(2)12-15)4-5-14-6-8-16(19-3)9-7-14/h6-9,13,15,17H,4-5,10-12H2,1-3H3. The summed E-state index contributed by atoms with van der Waals surface area (Å²) in [7, 11) is 3.91. The van der Waals surface area contributed by atoms with Gasteiger partial charge in [0.05, 0.1) is 7.11 Å². The molecule has 1 fully saturated rings. The van der Waals surface area contributed by atoms with E-state index >= 15 is 0 Å². The second-order valence-corrected chi connectivity index (χ2v) is 5.70. The van der Waals surface area contributed by atoms with Gasteiger partial charge in [-0.3, -0.25) is 0 Å². The van der Waals surface area contributed by atoms with Gasteiger partial charge in [0.1, 0.15) is 5.75 Å². The van der Waals surface area contributed by atoms with Crippen molar-refractivity contribution in [2.24, 2.45) is 0 Å². The van der Waals surface area contributed by atoms with E-state index in [1.807, 2.05) is 12.1 Å². The van der Waals surface area contributed by atoms with Crippen LogP contribution in [0.15, 0.2) is 24.3 Å². The van der Waals surface area contributed by atoms with Gasteiger partial charge in [-0.05, 0) is 57.5 Å². The molecular weight excluding hydrogens is 236 g/mol. The fourth-order valence-electron chi connectivity index (χ4n) is 2.73. The molecule has 19 heavy (non-hydrogen) atoms. The maximum absolute atomic E-state index is 5.18. The topological polar surface area (TPSA) is 24.5 Å². The highest BCUT2D eigenvalue weighted by molar-refractivity contribution is 5.27. The SMILES string of the molecule is COc1ccc(CCC(C)NC2CCN(C)C2)cc1. The molecular formula is C16H26N2O. The molecule has 3 heteroatoms. The zero-order valence-electron chi connectivity index (χ0n) is 12.4. The van der Waals surface area contributed by atoms with Crippen LogP contribution in [0.1, 0.15) is 25.3 Å². The minimum atomic E-state index is 0.582. The third-order valence-electron chi connectivity index (χ3n) is 3.94. The van der Waals surface area contributed by atoms with E-state index in [1.54, 1.807) is 7.11 Å². The van der Waals surface area contributed by atoms with Gasteiger partial charge in [-0.25, -0.2) is 0 Å². The van der Waals surface area contributed by atoms with Crippen LogP contribution in [0, 0.1) is 0 Å². The van der Waals surface area contributed by atoms with Gasteiger partial charge in [-0.1, -0.05) is 12.1 Å². The van der Waals surface area contributed by atoms with Crippen molar-refractivity contribution < 1.29 is 4.74 Å². The maximum atomic E-state index is 5.18. The number of benzene rings is 1. The predicted octanol–water partition coefficient (Wildman–Crippen LogP) is 2.31. The number of aryl methyl sites for hydroxylation is 1. The Morgan fingerprint density at radius 2 is 2.11 bits per heavy atom. The highest BCUT2D eigenvalue weighted by Gasteiger charge is 2.20. The van der Waals surface area contributed by atoms with E-state index in [9.17, 15) is 0 Å². The van der Waals surface area contributed by atoms with Gasteiger partial charge in [-0.2, -0.15) is 0 Å². The van der Waals surface area contributed by atoms with Gasteiger partial charge in [-0.15, -0.1) is 0 Å². The monoisotopic (exact) mass is 262 g/mol. The average Bonchev–Trinajstić information content (AvgIpc) is 2.82. The highest BCUT2D eigenvalue weighted by Crippen LogP contribution is 2.14. The fraction of sp³-hybridized carbons (Fsp3) is 0.625. The Balaban J connectivity index is 1.71. The van der Waals surface area contributed by atoms with Gasteiger partial charge in [0.25, 0.3) is 0 Å². The lowest BCUT2D eigenvalue weighted by Gasteiger charge is -2.19. The fourth-order valence-corrected chi connectivity index (χ4v) is 2.73. The molecule has 106 valence electrons. The molecule has 1 N–H and O–H groups in total. The molecule has 0 aromatic heterocycles. The average molecular weight is 262 g/mol. The van der Waals surface area contributed by atoms with Crippen LogP contribution in [0.5, 0.6) is 5.75 Å². The van der Waals surface area contributed by atoms with Crippen LogP contribution in [0.4, 0.5) is 0 Å². The summed E-state index contributed by atoms with van der Waals surface area (Å²) in [5.41, 5.74) is 1.39. The Morgan fingerprint density at radius 1 is 1.37 bits per heavy atom. The summed E-state index contributed by atoms with van der Waals surface area (Å²) in [6.07, 6.45) is 3.59. The van der Waals surface area contributed by atoms with Crippen molar-refractivity contribution in [2.75, 3.05) is 27.2 Å². The van der Waals surface area contributed by atoms with E-state index in [1.165, 1.54) is 31.5 Å². The first kappa shape index (κ1) is 14.4. The zero-order valence-corrected chi connectivity index (χ0v) is 12.4. The van der Waals surface area contributed by atoms with Crippen molar-refractivity contribution >= 4 is 0 Å². The molecule has 1 aromatic rings. The molecule has 2 unspecified atom stereocenters. The molecule has 1 heterocycles. The molecule has 0 saturated carbocycles. The van der Waals surface area contributed by atoms with Crippen molar-refractivity contribution in [3.05, 3.63) is 29.8 Å². The molecule has 0 aliphatic carbocycles. The van der Waals surface area contributed by atoms with Crippen molar-refractivity contribution in [1.82, 2.24) is 10.2 Å². The molecule has 1 saturated heterocycles. The number of likely N-dealkylation sites (tertiary alicyclic amines) is 1. The molecule has 2 atom stereocenters. The second-order valence-electron chi connectivity index (χ2n) is 5.70. The lowest BCUT2D eigenvalue weighted by Crippen LogP contribution is -2.38. The summed E-state index contributed by atoms with van der Waals surface area (Å²) < 4.78 is 5.18. The summed E-state index contributed by atoms with van der Waals surface area (Å²) in [5, 5.41) is 3.74. The number of nitrogens with one attached hydrogen (secondary N) is 1. The number of likely N-dealkylation sites (N-methyl/N-ethyl adjacent to an activating group) is 1. The number of hydrogen-bond donors (Lipinski definition) is 1. The maximum Gasteiger partial charge on any atom is 0.118 e. The molecule has 1 aliphatic rings. The second kappa shape index (κ2) is 6.92. The van der Waals surface area contributed by atoms with E-state index in [0.717, 1.165) is 12.2 Å². The van der Waals surface area contributed by atoms with Crippen LogP contribution in [0.2, 0.25) is 0 Å². The first-order chi connectivity index (χ1) is 9.17. The minimum Gasteiger partial charge on any atom is -0.497 e. The number of hydrogen-bond acceptors (Lipinski definition) is 3. The molecule has 2 rings (SSSR count). The summed E-state index contributed by atoms with van der Waals surface area (Å²) in [6.45, 7) is 4.71. The lowest BCUT2D eigenvalue weighted by atomic mass is 10.1. The third-order valence-corrected chi connectivity index (χ3v) is 3.94. The molecule has 1 aromatic carbocycles. The molecule has 0 radical (unpaired) electrons. The number of ether oxygens (including phenoxy) is 1. The minimum absolute atomic E-state index is 0.582. The summed E-state index contributed by atoms with van der Waals surface area (Å²) in [6, 6.07) is 9.66. The van der Waals surface area contributed by atoms with Crippen LogP contribution in [-0.4, -0.2) is 44.2 Å². The van der Waals surface area contributed by atoms with Crippen molar-refractivity contribution in [2.45, 2.75) is 38.3 Å². The summed E-state index contributed by atoms with van der Waals surface area (Å²) >= 11 is 0. The number of methoxy groups -OCH3 is 1. The van der Waals surface area contributed by atoms with E-state index in [2.05, 4.69) is 36.3 Å². The van der Waals surface area contributed by atoms with E-state index < -0.39 is 0 Å². The van der Waals surface area contributed by atoms with Gasteiger partial charge in [0, 0.05) is 18.6 Å². The smallest absolute Gasteiger partial charge is 0.118 e. The Hall–Kier alpha value is -1.06. The largest absolute Gasteiger partial charge is 0.497 e. The molecule has 0 bridgehead atoms. The van der Waals surface area contributed by atoms with E-state index in [4.69, 9.17) is 4.74 Å². The Labute approximate surface area is 116 Å². The van der Waals surface area contributed by atoms with E-state index in [0.29, 0.717) is 12.1 Å². The van der Waals surface area contributed by atoms with Crippen LogP contribution in [-0.2, 0) is 6.42 Å². The Bertz CT molecular complexity index is 377. The van der Waals surface area contributed by atoms with Crippen LogP contribution < -0.4 is 10.1 Å². The predicted molar refractivity (Wildman–Crippen MR) is 79.8 cm³/mol. The quantitative estimate of drug-likeness (QED) is 0.851. The van der Waals surface area contributed by atoms with Gasteiger partial charge >= 0.3 is 0 Å². The van der Waals surface area contributed by atoms with Crippen molar-refractivity contribution in [1.29, 1.82) is 0 Å². The summed E-state index contributed by atoms with van der Waals surface area (Å²) in [4.78, 5) is 2.40. The number of rotatable bonds is 6. The van der Waals surface area contributed by atoms with Gasteiger partial charge in [0.2, 0.25) is 0 Å². The van der Waals surface area contributed by atoms with Gasteiger partial charge in [0.15, 0.2) is 0 Å². The van der Waals surface area contributed by atoms with Crippen molar-refractivity contribution in [3.63, 3.8) is 0 Å². The highest BCUT2D eigenvalue weighted by atomic mass is 16.5. The number of nitrogens with zero attached hydrogens (tertiary/aromatic N) is 1. The first-order valence-electron chi connectivity index (χ1n) is 7.25. The molecule has 3 nitrogen and oxygen atoms in total.